The van der Waals surface area contributed by atoms with Gasteiger partial charge in [0.25, 0.3) is 0 Å². The molecule has 0 aromatic rings. The Balaban J connectivity index is 2.66. The molecule has 0 aromatic heterocycles. The second-order valence-electron chi connectivity index (χ2n) is 4.26. The molecule has 0 aromatic carbocycles. The molecule has 80 valence electrons. The predicted molar refractivity (Wildman–Crippen MR) is 64.4 cm³/mol. The van der Waals surface area contributed by atoms with Crippen molar-refractivity contribution in [3.63, 3.8) is 0 Å². The fourth-order valence-electron chi connectivity index (χ4n) is 2.37. The highest BCUT2D eigenvalue weighted by Crippen LogP contribution is 2.40. The third kappa shape index (κ3) is 2.96. The Morgan fingerprint density at radius 2 is 2.29 bits per heavy atom. The zero-order valence-corrected chi connectivity index (χ0v) is 10.2. The van der Waals surface area contributed by atoms with Gasteiger partial charge in [0, 0.05) is 0 Å². The molecule has 0 aliphatic heterocycles. The van der Waals surface area contributed by atoms with Gasteiger partial charge in [0.05, 0.1) is 5.60 Å². The lowest BCUT2D eigenvalue weighted by atomic mass is 9.72. The van der Waals surface area contributed by atoms with Gasteiger partial charge in [-0.05, 0) is 36.1 Å². The number of rotatable bonds is 4. The largest absolute Gasteiger partial charge is 0.389 e. The van der Waals surface area contributed by atoms with E-state index in [1.165, 1.54) is 6.42 Å². The third-order valence-electron chi connectivity index (χ3n) is 3.14. The summed E-state index contributed by atoms with van der Waals surface area (Å²) in [6, 6.07) is 0. The van der Waals surface area contributed by atoms with E-state index < -0.39 is 5.60 Å². The van der Waals surface area contributed by atoms with E-state index in [1.807, 2.05) is 6.08 Å². The van der Waals surface area contributed by atoms with Crippen LogP contribution >= 0.6 is 15.9 Å². The van der Waals surface area contributed by atoms with Gasteiger partial charge in [0.15, 0.2) is 0 Å². The SMILES string of the molecule is C=CCC1(O)CCCCC1CC(=C)Br. The summed E-state index contributed by atoms with van der Waals surface area (Å²) in [7, 11) is 0. The van der Waals surface area contributed by atoms with E-state index in [2.05, 4.69) is 29.1 Å². The monoisotopic (exact) mass is 258 g/mol. The van der Waals surface area contributed by atoms with E-state index in [1.54, 1.807) is 0 Å². The van der Waals surface area contributed by atoms with E-state index in [4.69, 9.17) is 0 Å². The van der Waals surface area contributed by atoms with E-state index in [0.717, 1.165) is 30.2 Å². The third-order valence-corrected chi connectivity index (χ3v) is 3.46. The molecular formula is C12H19BrO. The van der Waals surface area contributed by atoms with Crippen LogP contribution in [0.5, 0.6) is 0 Å². The quantitative estimate of drug-likeness (QED) is 0.762. The summed E-state index contributed by atoms with van der Waals surface area (Å²) in [6.45, 7) is 7.57. The molecule has 1 N–H and O–H groups in total. The predicted octanol–water partition coefficient (Wildman–Crippen LogP) is 3.78. The topological polar surface area (TPSA) is 20.2 Å². The second-order valence-corrected chi connectivity index (χ2v) is 5.38. The van der Waals surface area contributed by atoms with Crippen LogP contribution in [0.1, 0.15) is 38.5 Å². The molecule has 1 aliphatic rings. The fraction of sp³-hybridized carbons (Fsp3) is 0.667. The molecule has 2 unspecified atom stereocenters. The molecule has 1 rings (SSSR count). The molecule has 0 spiro atoms. The Labute approximate surface area is 95.0 Å². The molecule has 0 saturated heterocycles. The van der Waals surface area contributed by atoms with Crippen LogP contribution in [0.3, 0.4) is 0 Å². The standard InChI is InChI=1S/C12H19BrO/c1-3-7-12(14)8-5-4-6-11(12)9-10(2)13/h3,11,14H,1-2,4-9H2. The van der Waals surface area contributed by atoms with Gasteiger partial charge in [-0.25, -0.2) is 0 Å². The van der Waals surface area contributed by atoms with Crippen molar-refractivity contribution in [1.29, 1.82) is 0 Å². The van der Waals surface area contributed by atoms with Crippen molar-refractivity contribution >= 4 is 15.9 Å². The summed E-state index contributed by atoms with van der Waals surface area (Å²) in [4.78, 5) is 0. The zero-order valence-electron chi connectivity index (χ0n) is 8.64. The van der Waals surface area contributed by atoms with Crippen molar-refractivity contribution in [3.8, 4) is 0 Å². The van der Waals surface area contributed by atoms with Gasteiger partial charge in [0.2, 0.25) is 0 Å². The molecule has 1 saturated carbocycles. The average molecular weight is 259 g/mol. The molecule has 0 bridgehead atoms. The first-order valence-electron chi connectivity index (χ1n) is 5.25. The van der Waals surface area contributed by atoms with E-state index in [-0.39, 0.29) is 0 Å². The number of aliphatic hydroxyl groups is 1. The van der Waals surface area contributed by atoms with Gasteiger partial charge < -0.3 is 5.11 Å². The molecule has 1 nitrogen and oxygen atoms in total. The molecule has 1 fully saturated rings. The fourth-order valence-corrected chi connectivity index (χ4v) is 2.76. The minimum atomic E-state index is -0.531. The van der Waals surface area contributed by atoms with Crippen molar-refractivity contribution in [2.75, 3.05) is 0 Å². The van der Waals surface area contributed by atoms with E-state index >= 15 is 0 Å². The second kappa shape index (κ2) is 5.13. The van der Waals surface area contributed by atoms with Crippen molar-refractivity contribution < 1.29 is 5.11 Å². The number of halogens is 1. The lowest BCUT2D eigenvalue weighted by molar-refractivity contribution is -0.0446. The Morgan fingerprint density at radius 1 is 1.57 bits per heavy atom. The van der Waals surface area contributed by atoms with Gasteiger partial charge in [-0.2, -0.15) is 0 Å². The van der Waals surface area contributed by atoms with Crippen LogP contribution in [0.4, 0.5) is 0 Å². The smallest absolute Gasteiger partial charge is 0.0713 e. The van der Waals surface area contributed by atoms with Crippen LogP contribution in [-0.2, 0) is 0 Å². The first-order chi connectivity index (χ1) is 6.58. The normalized spacial score (nSPS) is 32.6. The molecule has 0 amide bonds. The molecule has 2 heteroatoms. The minimum absolute atomic E-state index is 0.348. The molecule has 2 atom stereocenters. The summed E-state index contributed by atoms with van der Waals surface area (Å²) in [5.74, 6) is 0.348. The van der Waals surface area contributed by atoms with Crippen LogP contribution in [-0.4, -0.2) is 10.7 Å². The summed E-state index contributed by atoms with van der Waals surface area (Å²) in [5.41, 5.74) is -0.531. The molecule has 0 radical (unpaired) electrons. The first-order valence-corrected chi connectivity index (χ1v) is 6.04. The van der Waals surface area contributed by atoms with Crippen molar-refractivity contribution in [2.45, 2.75) is 44.1 Å². The molecule has 1 aliphatic carbocycles. The van der Waals surface area contributed by atoms with Gasteiger partial charge in [-0.1, -0.05) is 41.4 Å². The van der Waals surface area contributed by atoms with Gasteiger partial charge in [-0.15, -0.1) is 6.58 Å². The highest BCUT2D eigenvalue weighted by molar-refractivity contribution is 9.11. The van der Waals surface area contributed by atoms with Crippen molar-refractivity contribution in [2.24, 2.45) is 5.92 Å². The van der Waals surface area contributed by atoms with Crippen LogP contribution < -0.4 is 0 Å². The highest BCUT2D eigenvalue weighted by Gasteiger charge is 2.37. The zero-order chi connectivity index (χ0) is 10.6. The molecule has 14 heavy (non-hydrogen) atoms. The van der Waals surface area contributed by atoms with Gasteiger partial charge >= 0.3 is 0 Å². The van der Waals surface area contributed by atoms with E-state index in [9.17, 15) is 5.11 Å². The first kappa shape index (κ1) is 12.0. The Hall–Kier alpha value is -0.0800. The summed E-state index contributed by atoms with van der Waals surface area (Å²) in [6.07, 6.45) is 7.79. The maximum atomic E-state index is 10.4. The van der Waals surface area contributed by atoms with E-state index in [0.29, 0.717) is 12.3 Å². The highest BCUT2D eigenvalue weighted by atomic mass is 79.9. The lowest BCUT2D eigenvalue weighted by Crippen LogP contribution is -2.40. The Morgan fingerprint density at radius 3 is 2.86 bits per heavy atom. The van der Waals surface area contributed by atoms with Gasteiger partial charge in [0.1, 0.15) is 0 Å². The van der Waals surface area contributed by atoms with Crippen molar-refractivity contribution in [1.82, 2.24) is 0 Å². The number of hydrogen-bond acceptors (Lipinski definition) is 1. The van der Waals surface area contributed by atoms with Crippen LogP contribution in [0.15, 0.2) is 23.7 Å². The maximum absolute atomic E-state index is 10.4. The van der Waals surface area contributed by atoms with Crippen molar-refractivity contribution in [3.05, 3.63) is 23.7 Å². The Bertz CT molecular complexity index is 224. The molecule has 0 heterocycles. The molecular weight excluding hydrogens is 240 g/mol. The minimum Gasteiger partial charge on any atom is -0.389 e. The van der Waals surface area contributed by atoms with Crippen LogP contribution in [0.2, 0.25) is 0 Å². The van der Waals surface area contributed by atoms with Gasteiger partial charge in [-0.3, -0.25) is 0 Å². The lowest BCUT2D eigenvalue weighted by Gasteiger charge is -2.39. The maximum Gasteiger partial charge on any atom is 0.0713 e. The average Bonchev–Trinajstić information content (AvgIpc) is 2.09. The summed E-state index contributed by atoms with van der Waals surface area (Å²) >= 11 is 3.38. The summed E-state index contributed by atoms with van der Waals surface area (Å²) < 4.78 is 0.992. The number of allylic oxidation sites excluding steroid dienone is 1. The summed E-state index contributed by atoms with van der Waals surface area (Å²) in [5, 5.41) is 10.4. The van der Waals surface area contributed by atoms with Crippen LogP contribution in [0.25, 0.3) is 0 Å². The number of hydrogen-bond donors (Lipinski definition) is 1. The Kier molecular flexibility index (Phi) is 4.39. The van der Waals surface area contributed by atoms with Crippen LogP contribution in [0, 0.1) is 5.92 Å².